The molecule has 0 radical (unpaired) electrons. The number of nitrogens with one attached hydrogen (secondary N) is 7. The Balaban J connectivity index is 0.913. The quantitative estimate of drug-likeness (QED) is 0.0559. The van der Waals surface area contributed by atoms with Gasteiger partial charge in [-0.3, -0.25) is 33.7 Å². The van der Waals surface area contributed by atoms with Crippen molar-refractivity contribution >= 4 is 64.2 Å². The van der Waals surface area contributed by atoms with Gasteiger partial charge in [-0.1, -0.05) is 56.3 Å². The average molecular weight is 926 g/mol. The topological polar surface area (TPSA) is 329 Å². The van der Waals surface area contributed by atoms with Gasteiger partial charge >= 0.3 is 6.09 Å². The van der Waals surface area contributed by atoms with Crippen LogP contribution >= 0.6 is 0 Å². The monoisotopic (exact) mass is 925 g/mol. The maximum atomic E-state index is 14.2. The number of carbonyl (C=O) groups excluding carboxylic acids is 7. The van der Waals surface area contributed by atoms with E-state index in [0.29, 0.717) is 22.4 Å². The molecule has 2 aromatic heterocycles. The third kappa shape index (κ3) is 10.9. The molecule has 9 atom stereocenters. The second kappa shape index (κ2) is 20.4. The lowest BCUT2D eigenvalue weighted by Gasteiger charge is -2.43. The van der Waals surface area contributed by atoms with Crippen molar-refractivity contribution in [3.8, 4) is 0 Å². The summed E-state index contributed by atoms with van der Waals surface area (Å²) in [6, 6.07) is 11.9. The summed E-state index contributed by atoms with van der Waals surface area (Å²) in [5, 5.41) is 48.9. The lowest BCUT2D eigenvalue weighted by molar-refractivity contribution is -0.185. The second-order valence-corrected chi connectivity index (χ2v) is 16.7. The van der Waals surface area contributed by atoms with Crippen LogP contribution in [0.4, 0.5) is 16.3 Å². The molecule has 1 saturated carbocycles. The van der Waals surface area contributed by atoms with Gasteiger partial charge in [-0.2, -0.15) is 0 Å². The van der Waals surface area contributed by atoms with Crippen LogP contribution < -0.4 is 31.9 Å². The zero-order valence-corrected chi connectivity index (χ0v) is 36.5. The Kier molecular flexibility index (Phi) is 14.5. The maximum absolute atomic E-state index is 14.2. The van der Waals surface area contributed by atoms with Crippen LogP contribution in [0.25, 0.3) is 11.2 Å². The van der Waals surface area contributed by atoms with Gasteiger partial charge in [-0.25, -0.2) is 19.7 Å². The van der Waals surface area contributed by atoms with Crippen LogP contribution in [0.3, 0.4) is 0 Å². The number of imidazole rings is 1. The predicted octanol–water partition coefficient (Wildman–Crippen LogP) is -0.560. The number of aromatic nitrogens is 4. The number of aromatic amines is 1. The van der Waals surface area contributed by atoms with E-state index in [1.165, 1.54) is 19.6 Å². The minimum absolute atomic E-state index is 0.150. The summed E-state index contributed by atoms with van der Waals surface area (Å²) in [4.78, 5) is 106. The summed E-state index contributed by atoms with van der Waals surface area (Å²) < 4.78 is 11.4. The first kappa shape index (κ1) is 47.6. The number of benzene rings is 2. The molecule has 10 N–H and O–H groups in total. The third-order valence-corrected chi connectivity index (χ3v) is 11.7. The fourth-order valence-corrected chi connectivity index (χ4v) is 7.82. The first-order valence-electron chi connectivity index (χ1n) is 21.5. The number of rotatable bonds is 18. The fourth-order valence-electron chi connectivity index (χ4n) is 7.82. The van der Waals surface area contributed by atoms with Gasteiger partial charge < -0.3 is 61.7 Å². The molecule has 2 aromatic carbocycles. The Hall–Kier alpha value is -7.34. The van der Waals surface area contributed by atoms with Crippen molar-refractivity contribution in [1.82, 2.24) is 46.1 Å². The normalized spacial score (nSPS) is 24.1. The predicted molar refractivity (Wildman–Crippen MR) is 235 cm³/mol. The highest BCUT2D eigenvalue weighted by Gasteiger charge is 2.63. The van der Waals surface area contributed by atoms with Gasteiger partial charge in [-0.05, 0) is 42.5 Å². The molecule has 2 unspecified atom stereocenters. The number of fused-ring (bicyclic) bond motifs is 1. The van der Waals surface area contributed by atoms with Crippen molar-refractivity contribution < 1.29 is 58.4 Å². The third-order valence-electron chi connectivity index (χ3n) is 11.7. The van der Waals surface area contributed by atoms with Gasteiger partial charge in [0.25, 0.3) is 11.8 Å². The highest BCUT2D eigenvalue weighted by molar-refractivity contribution is 6.13. The summed E-state index contributed by atoms with van der Waals surface area (Å²) >= 11 is 0. The number of hydrogen-bond acceptors (Lipinski definition) is 16. The minimum atomic E-state index is -1.64. The van der Waals surface area contributed by atoms with Crippen molar-refractivity contribution in [2.45, 2.75) is 94.3 Å². The van der Waals surface area contributed by atoms with Crippen molar-refractivity contribution in [1.29, 1.82) is 0 Å². The van der Waals surface area contributed by atoms with Gasteiger partial charge in [0.2, 0.25) is 23.6 Å². The molecule has 4 aromatic rings. The summed E-state index contributed by atoms with van der Waals surface area (Å²) in [6.45, 7) is 3.84. The number of hydrogen-bond donors (Lipinski definition) is 10. The Morgan fingerprint density at radius 2 is 1.64 bits per heavy atom. The first-order valence-corrected chi connectivity index (χ1v) is 21.5. The van der Waals surface area contributed by atoms with Crippen molar-refractivity contribution in [2.75, 3.05) is 23.8 Å². The van der Waals surface area contributed by atoms with Crippen LogP contribution in [0.5, 0.6) is 0 Å². The molecule has 67 heavy (non-hydrogen) atoms. The summed E-state index contributed by atoms with van der Waals surface area (Å²) in [5.74, 6) is -4.15. The van der Waals surface area contributed by atoms with E-state index >= 15 is 0 Å². The molecule has 1 saturated heterocycles. The Morgan fingerprint density at radius 3 is 2.33 bits per heavy atom. The largest absolute Gasteiger partial charge is 0.445 e. The smallest absolute Gasteiger partial charge is 0.408 e. The molecule has 354 valence electrons. The molecule has 3 aliphatic rings. The zero-order valence-electron chi connectivity index (χ0n) is 36.5. The molecule has 1 aliphatic carbocycles. The molecule has 4 heterocycles. The Bertz CT molecular complexity index is 2500. The lowest BCUT2D eigenvalue weighted by Crippen LogP contribution is -2.67. The van der Waals surface area contributed by atoms with Gasteiger partial charge in [-0.15, -0.1) is 0 Å². The Labute approximate surface area is 382 Å². The van der Waals surface area contributed by atoms with Crippen LogP contribution in [0, 0.1) is 5.92 Å². The molecule has 2 fully saturated rings. The van der Waals surface area contributed by atoms with E-state index in [-0.39, 0.29) is 37.7 Å². The number of H-pyrrole nitrogens is 1. The molecule has 23 nitrogen and oxygen atoms in total. The number of anilines is 2. The number of aliphatic hydroxyl groups is 3. The number of aliphatic hydroxyl groups excluding tert-OH is 3. The van der Waals surface area contributed by atoms with E-state index in [4.69, 9.17) is 9.47 Å². The van der Waals surface area contributed by atoms with E-state index in [0.717, 1.165) is 22.6 Å². The van der Waals surface area contributed by atoms with Crippen LogP contribution in [0.15, 0.2) is 79.4 Å². The molecule has 0 bridgehead atoms. The zero-order chi connectivity index (χ0) is 48.0. The molecule has 7 rings (SSSR count). The van der Waals surface area contributed by atoms with E-state index in [2.05, 4.69) is 51.8 Å². The average Bonchev–Trinajstić information content (AvgIpc) is 3.65. The summed E-state index contributed by atoms with van der Waals surface area (Å²) in [7, 11) is 0. The van der Waals surface area contributed by atoms with E-state index < -0.39 is 102 Å². The van der Waals surface area contributed by atoms with Crippen LogP contribution in [0.2, 0.25) is 0 Å². The number of amides is 7. The fraction of sp³-hybridized carbons (Fsp3) is 0.409. The number of nitrogens with zero attached hydrogens (tertiary/aromatic N) is 4. The maximum Gasteiger partial charge on any atom is 0.408 e. The summed E-state index contributed by atoms with van der Waals surface area (Å²) in [5.41, 5.74) is 0.836. The van der Waals surface area contributed by atoms with Crippen LogP contribution in [-0.4, -0.2) is 143 Å². The van der Waals surface area contributed by atoms with Crippen molar-refractivity contribution in [2.24, 2.45) is 5.92 Å². The summed E-state index contributed by atoms with van der Waals surface area (Å²) in [6.07, 6.45) is -1.84. The minimum Gasteiger partial charge on any atom is -0.445 e. The lowest BCUT2D eigenvalue weighted by atomic mass is 9.94. The van der Waals surface area contributed by atoms with E-state index in [1.54, 1.807) is 68.4 Å². The number of ether oxygens (including phenoxy) is 2. The van der Waals surface area contributed by atoms with E-state index in [1.807, 2.05) is 0 Å². The van der Waals surface area contributed by atoms with Gasteiger partial charge in [0, 0.05) is 36.7 Å². The molecular weight excluding hydrogens is 875 g/mol. The standard InChI is InChI=1S/C44H51N11O12/c1-22(2)32(51-29(57)15-16-55-30(58)13-14-31(55)59)40(63)49-23(3)39(62)50-26-11-9-24(10-12-26)19-66-43(65)54-44(17-27(44)25-7-5-4-6-8-25)42(64)52-33-28(18-56)67-41(36(61)35(33)60)53-38-34-37(46-20-45-34)47-21-48-38/h4-14,20-23,27-28,32-33,35-36,41,56,60-61H,15-19H2,1-3H3,(H,49,63)(H,50,62)(H,51,57)(H,52,64)(H,54,65)(H2,45,46,47,48,53)/t23-,27+,28-,32-,33?,35+,36-,41-,44?/m0/s1. The molecule has 7 amide bonds. The highest BCUT2D eigenvalue weighted by atomic mass is 16.6. The van der Waals surface area contributed by atoms with Crippen molar-refractivity contribution in [3.63, 3.8) is 0 Å². The van der Waals surface area contributed by atoms with Gasteiger partial charge in [0.15, 0.2) is 17.7 Å². The molecule has 2 aliphatic heterocycles. The SMILES string of the molecule is CC(C)[C@H](NC(=O)CCN1C(=O)C=CC1=O)C(=O)N[C@@H](C)C(=O)Nc1ccc(COC(=O)NC2(C(=O)NC3[C@H](CO)O[C@H](Nc4ncnc5nc[nH]c45)[C@@H](O)[C@@H]3O)C[C@@H]2c2ccccc2)cc1. The molecule has 23 heteroatoms. The highest BCUT2D eigenvalue weighted by Crippen LogP contribution is 2.52. The second-order valence-electron chi connectivity index (χ2n) is 16.7. The molecular formula is C44H51N11O12. The van der Waals surface area contributed by atoms with Crippen LogP contribution in [-0.2, 0) is 44.8 Å². The number of carbonyl (C=O) groups is 7. The first-order chi connectivity index (χ1) is 32.1. The van der Waals surface area contributed by atoms with E-state index in [9.17, 15) is 48.9 Å². The Morgan fingerprint density at radius 1 is 0.925 bits per heavy atom. The van der Waals surface area contributed by atoms with Gasteiger partial charge in [0.1, 0.15) is 54.4 Å². The molecule has 0 spiro atoms. The van der Waals surface area contributed by atoms with Gasteiger partial charge in [0.05, 0.1) is 19.0 Å². The van der Waals surface area contributed by atoms with Crippen LogP contribution in [0.1, 0.15) is 50.7 Å². The number of imide groups is 1. The number of alkyl carbamates (subject to hydrolysis) is 1. The van der Waals surface area contributed by atoms with Crippen molar-refractivity contribution in [3.05, 3.63) is 90.5 Å².